The molecule has 0 saturated carbocycles. The molecule has 0 fully saturated rings. The van der Waals surface area contributed by atoms with Gasteiger partial charge in [-0.1, -0.05) is 24.1 Å². The van der Waals surface area contributed by atoms with Crippen molar-refractivity contribution in [3.63, 3.8) is 0 Å². The molecule has 1 N–H and O–H groups in total. The number of halogens is 1. The lowest BCUT2D eigenvalue weighted by atomic mass is 10.1. The van der Waals surface area contributed by atoms with Gasteiger partial charge in [-0.3, -0.25) is 4.79 Å². The van der Waals surface area contributed by atoms with Crippen LogP contribution in [-0.2, 0) is 0 Å². The van der Waals surface area contributed by atoms with E-state index in [1.54, 1.807) is 0 Å². The third-order valence-corrected chi connectivity index (χ3v) is 2.89. The Morgan fingerprint density at radius 2 is 1.88 bits per heavy atom. The summed E-state index contributed by atoms with van der Waals surface area (Å²) in [6.45, 7) is 6.61. The van der Waals surface area contributed by atoms with Crippen LogP contribution in [0.5, 0.6) is 0 Å². The zero-order valence-corrected chi connectivity index (χ0v) is 10.8. The number of hydrogen-bond donors (Lipinski definition) is 1. The molecule has 1 aromatic carbocycles. The molecule has 1 atom stereocenters. The highest BCUT2D eigenvalue weighted by atomic mass is 35.5. The molecule has 2 nitrogen and oxygen atoms in total. The minimum atomic E-state index is -0.0243. The van der Waals surface area contributed by atoms with Crippen molar-refractivity contribution in [2.75, 3.05) is 12.4 Å². The first-order chi connectivity index (χ1) is 7.52. The molecule has 3 heteroatoms. The van der Waals surface area contributed by atoms with E-state index in [0.717, 1.165) is 16.7 Å². The second-order valence-electron chi connectivity index (χ2n) is 4.35. The van der Waals surface area contributed by atoms with Gasteiger partial charge in [0.1, 0.15) is 0 Å². The molecule has 0 aliphatic carbocycles. The Bertz CT molecular complexity index is 356. The number of alkyl halides is 1. The zero-order valence-electron chi connectivity index (χ0n) is 10.0. The lowest BCUT2D eigenvalue weighted by molar-refractivity contribution is 0.0949. The predicted octanol–water partition coefficient (Wildman–Crippen LogP) is 2.91. The summed E-state index contributed by atoms with van der Waals surface area (Å²) in [5.41, 5.74) is 2.94. The number of nitrogens with one attached hydrogen (secondary N) is 1. The maximum absolute atomic E-state index is 11.8. The van der Waals surface area contributed by atoms with Gasteiger partial charge in [-0.15, -0.1) is 11.6 Å². The van der Waals surface area contributed by atoms with E-state index in [9.17, 15) is 4.79 Å². The van der Waals surface area contributed by atoms with Crippen molar-refractivity contribution < 1.29 is 4.79 Å². The molecule has 0 saturated heterocycles. The first-order valence-electron chi connectivity index (χ1n) is 5.45. The van der Waals surface area contributed by atoms with Crippen LogP contribution in [0.2, 0.25) is 0 Å². The van der Waals surface area contributed by atoms with E-state index in [0.29, 0.717) is 18.3 Å². The normalized spacial score (nSPS) is 12.2. The Morgan fingerprint density at radius 3 is 2.38 bits per heavy atom. The number of hydrogen-bond acceptors (Lipinski definition) is 1. The van der Waals surface area contributed by atoms with Gasteiger partial charge >= 0.3 is 0 Å². The summed E-state index contributed by atoms with van der Waals surface area (Å²) in [5.74, 6) is 0.841. The Labute approximate surface area is 102 Å². The molecular weight excluding hydrogens is 222 g/mol. The van der Waals surface area contributed by atoms with E-state index in [1.165, 1.54) is 0 Å². The Balaban J connectivity index is 2.66. The van der Waals surface area contributed by atoms with Gasteiger partial charge in [0.15, 0.2) is 0 Å². The van der Waals surface area contributed by atoms with E-state index in [4.69, 9.17) is 11.6 Å². The SMILES string of the molecule is Cc1cc(C)cc(C(=O)NCC(C)CCl)c1. The van der Waals surface area contributed by atoms with Gasteiger partial charge in [0.2, 0.25) is 0 Å². The first-order valence-corrected chi connectivity index (χ1v) is 5.99. The molecule has 1 amide bonds. The molecule has 88 valence electrons. The van der Waals surface area contributed by atoms with E-state index in [2.05, 4.69) is 11.4 Å². The van der Waals surface area contributed by atoms with Crippen LogP contribution in [0, 0.1) is 19.8 Å². The summed E-state index contributed by atoms with van der Waals surface area (Å²) in [5, 5.41) is 2.88. The van der Waals surface area contributed by atoms with Crippen LogP contribution in [-0.4, -0.2) is 18.3 Å². The summed E-state index contributed by atoms with van der Waals surface area (Å²) in [4.78, 5) is 11.8. The van der Waals surface area contributed by atoms with Crippen molar-refractivity contribution in [2.24, 2.45) is 5.92 Å². The minimum absolute atomic E-state index is 0.0243. The average molecular weight is 240 g/mol. The largest absolute Gasteiger partial charge is 0.352 e. The molecule has 0 heterocycles. The molecule has 0 radical (unpaired) electrons. The highest BCUT2D eigenvalue weighted by molar-refractivity contribution is 6.18. The molecule has 0 aliphatic heterocycles. The summed E-state index contributed by atoms with van der Waals surface area (Å²) >= 11 is 5.68. The van der Waals surface area contributed by atoms with Crippen molar-refractivity contribution in [2.45, 2.75) is 20.8 Å². The van der Waals surface area contributed by atoms with Crippen molar-refractivity contribution in [3.05, 3.63) is 34.9 Å². The minimum Gasteiger partial charge on any atom is -0.352 e. The van der Waals surface area contributed by atoms with Gasteiger partial charge in [0.25, 0.3) is 5.91 Å². The summed E-state index contributed by atoms with van der Waals surface area (Å²) in [6, 6.07) is 5.85. The van der Waals surface area contributed by atoms with E-state index in [-0.39, 0.29) is 5.91 Å². The molecule has 1 rings (SSSR count). The topological polar surface area (TPSA) is 29.1 Å². The highest BCUT2D eigenvalue weighted by Crippen LogP contribution is 2.08. The summed E-state index contributed by atoms with van der Waals surface area (Å²) in [7, 11) is 0. The van der Waals surface area contributed by atoms with Crippen LogP contribution in [0.4, 0.5) is 0 Å². The second kappa shape index (κ2) is 5.90. The monoisotopic (exact) mass is 239 g/mol. The fourth-order valence-corrected chi connectivity index (χ4v) is 1.64. The molecule has 0 bridgehead atoms. The number of carbonyl (C=O) groups excluding carboxylic acids is 1. The maximum atomic E-state index is 11.8. The van der Waals surface area contributed by atoms with Crippen LogP contribution < -0.4 is 5.32 Å². The van der Waals surface area contributed by atoms with E-state index >= 15 is 0 Å². The first kappa shape index (κ1) is 13.0. The van der Waals surface area contributed by atoms with Gasteiger partial charge in [-0.2, -0.15) is 0 Å². The van der Waals surface area contributed by atoms with Gasteiger partial charge in [0.05, 0.1) is 0 Å². The third-order valence-electron chi connectivity index (χ3n) is 2.36. The Kier molecular flexibility index (Phi) is 4.81. The smallest absolute Gasteiger partial charge is 0.251 e. The third kappa shape index (κ3) is 3.86. The van der Waals surface area contributed by atoms with Crippen LogP contribution in [0.1, 0.15) is 28.4 Å². The number of benzene rings is 1. The fourth-order valence-electron chi connectivity index (χ4n) is 1.53. The van der Waals surface area contributed by atoms with Crippen LogP contribution in [0.25, 0.3) is 0 Å². The van der Waals surface area contributed by atoms with Crippen LogP contribution >= 0.6 is 11.6 Å². The highest BCUT2D eigenvalue weighted by Gasteiger charge is 2.07. The number of carbonyl (C=O) groups is 1. The lowest BCUT2D eigenvalue weighted by Gasteiger charge is -2.10. The van der Waals surface area contributed by atoms with Gasteiger partial charge in [0, 0.05) is 18.0 Å². The molecule has 0 spiro atoms. The standard InChI is InChI=1S/C13H18ClNO/c1-9-4-10(2)6-12(5-9)13(16)15-8-11(3)7-14/h4-6,11H,7-8H2,1-3H3,(H,15,16). The van der Waals surface area contributed by atoms with E-state index < -0.39 is 0 Å². The number of amides is 1. The molecule has 1 aromatic rings. The second-order valence-corrected chi connectivity index (χ2v) is 4.65. The van der Waals surface area contributed by atoms with Crippen molar-refractivity contribution >= 4 is 17.5 Å². The Hall–Kier alpha value is -1.02. The van der Waals surface area contributed by atoms with Gasteiger partial charge in [-0.05, 0) is 31.9 Å². The zero-order chi connectivity index (χ0) is 12.1. The number of aryl methyl sites for hydroxylation is 2. The molecule has 0 aromatic heterocycles. The summed E-state index contributed by atoms with van der Waals surface area (Å²) < 4.78 is 0. The fraction of sp³-hybridized carbons (Fsp3) is 0.462. The van der Waals surface area contributed by atoms with Crippen molar-refractivity contribution in [1.29, 1.82) is 0 Å². The van der Waals surface area contributed by atoms with Crippen molar-refractivity contribution in [1.82, 2.24) is 5.32 Å². The molecule has 1 unspecified atom stereocenters. The Morgan fingerprint density at radius 1 is 1.31 bits per heavy atom. The number of rotatable bonds is 4. The maximum Gasteiger partial charge on any atom is 0.251 e. The predicted molar refractivity (Wildman–Crippen MR) is 68.1 cm³/mol. The quantitative estimate of drug-likeness (QED) is 0.805. The van der Waals surface area contributed by atoms with Crippen molar-refractivity contribution in [3.8, 4) is 0 Å². The molecular formula is C13H18ClNO. The average Bonchev–Trinajstić information content (AvgIpc) is 2.23. The summed E-state index contributed by atoms with van der Waals surface area (Å²) in [6.07, 6.45) is 0. The molecule has 0 aliphatic rings. The van der Waals surface area contributed by atoms with Crippen LogP contribution in [0.3, 0.4) is 0 Å². The molecule has 16 heavy (non-hydrogen) atoms. The van der Waals surface area contributed by atoms with E-state index in [1.807, 2.05) is 32.9 Å². The van der Waals surface area contributed by atoms with Gasteiger partial charge < -0.3 is 5.32 Å². The van der Waals surface area contributed by atoms with Crippen LogP contribution in [0.15, 0.2) is 18.2 Å². The van der Waals surface area contributed by atoms with Gasteiger partial charge in [-0.25, -0.2) is 0 Å². The lowest BCUT2D eigenvalue weighted by Crippen LogP contribution is -2.28.